The summed E-state index contributed by atoms with van der Waals surface area (Å²) in [6.07, 6.45) is 2.74. The van der Waals surface area contributed by atoms with E-state index in [1.165, 1.54) is 6.07 Å². The third-order valence-corrected chi connectivity index (χ3v) is 8.16. The molecule has 4 aliphatic heterocycles. The van der Waals surface area contributed by atoms with E-state index in [4.69, 9.17) is 35.6 Å². The van der Waals surface area contributed by atoms with Crippen molar-refractivity contribution in [2.75, 3.05) is 0 Å². The van der Waals surface area contributed by atoms with Crippen LogP contribution in [0.4, 0.5) is 0 Å². The van der Waals surface area contributed by atoms with Crippen molar-refractivity contribution in [1.82, 2.24) is 0 Å². The molecule has 0 radical (unpaired) electrons. The summed E-state index contributed by atoms with van der Waals surface area (Å²) in [4.78, 5) is 23.3. The zero-order valence-electron chi connectivity index (χ0n) is 18.0. The van der Waals surface area contributed by atoms with Crippen molar-refractivity contribution in [3.63, 3.8) is 0 Å². The lowest BCUT2D eigenvalue weighted by molar-refractivity contribution is -0.577. The van der Waals surface area contributed by atoms with Crippen LogP contribution in [0.1, 0.15) is 62.4 Å². The fourth-order valence-electron chi connectivity index (χ4n) is 6.05. The van der Waals surface area contributed by atoms with Crippen LogP contribution in [0, 0.1) is 23.7 Å². The molecule has 1 N–H and O–H groups in total. The van der Waals surface area contributed by atoms with Crippen LogP contribution in [-0.4, -0.2) is 35.0 Å². The van der Waals surface area contributed by atoms with Gasteiger partial charge in [-0.3, -0.25) is 0 Å². The number of benzene rings is 1. The first-order valence-corrected chi connectivity index (χ1v) is 11.4. The van der Waals surface area contributed by atoms with Crippen LogP contribution < -0.4 is 0 Å². The molecule has 1 aromatic rings. The molecule has 7 nitrogen and oxygen atoms in total. The number of fused-ring (bicyclic) bond motifs is 2. The van der Waals surface area contributed by atoms with Crippen LogP contribution in [0.2, 0.25) is 5.02 Å². The first-order valence-electron chi connectivity index (χ1n) is 11.1. The minimum absolute atomic E-state index is 0.0438. The summed E-state index contributed by atoms with van der Waals surface area (Å²) in [6, 6.07) is 4.60. The monoisotopic (exact) mass is 452 g/mol. The van der Waals surface area contributed by atoms with Gasteiger partial charge in [0.2, 0.25) is 5.79 Å². The van der Waals surface area contributed by atoms with Crippen molar-refractivity contribution in [2.24, 2.45) is 23.7 Å². The highest BCUT2D eigenvalue weighted by molar-refractivity contribution is 6.31. The van der Waals surface area contributed by atoms with Crippen molar-refractivity contribution < 1.29 is 33.9 Å². The third-order valence-electron chi connectivity index (χ3n) is 7.79. The van der Waals surface area contributed by atoms with E-state index in [1.54, 1.807) is 12.1 Å². The summed E-state index contributed by atoms with van der Waals surface area (Å²) in [5, 5.41) is 9.73. The van der Waals surface area contributed by atoms with Crippen LogP contribution in [-0.2, 0) is 30.6 Å². The summed E-state index contributed by atoms with van der Waals surface area (Å²) in [6.45, 7) is 6.44. The van der Waals surface area contributed by atoms with Gasteiger partial charge in [0, 0.05) is 23.3 Å². The van der Waals surface area contributed by atoms with Crippen LogP contribution in [0.15, 0.2) is 18.2 Å². The Balaban J connectivity index is 1.40. The third kappa shape index (κ3) is 3.41. The molecule has 8 heteroatoms. The lowest BCUT2D eigenvalue weighted by Crippen LogP contribution is -2.70. The predicted octanol–water partition coefficient (Wildman–Crippen LogP) is 4.76. The van der Waals surface area contributed by atoms with E-state index < -0.39 is 29.9 Å². The molecule has 8 atom stereocenters. The van der Waals surface area contributed by atoms with Crippen molar-refractivity contribution in [3.05, 3.63) is 34.3 Å². The lowest BCUT2D eigenvalue weighted by Gasteiger charge is -2.60. The maximum absolute atomic E-state index is 11.3. The molecular formula is C23H29ClO7. The normalized spacial score (nSPS) is 43.9. The summed E-state index contributed by atoms with van der Waals surface area (Å²) in [5.41, 5.74) is 0.155. The highest BCUT2D eigenvalue weighted by atomic mass is 35.5. The molecule has 31 heavy (non-hydrogen) atoms. The molecule has 170 valence electrons. The second-order valence-corrected chi connectivity index (χ2v) is 10.1. The second-order valence-electron chi connectivity index (χ2n) is 9.70. The predicted molar refractivity (Wildman–Crippen MR) is 110 cm³/mol. The average Bonchev–Trinajstić information content (AvgIpc) is 2.96. The number of carboxylic acid groups (broad SMARTS) is 1. The number of hydrogen-bond donors (Lipinski definition) is 1. The Morgan fingerprint density at radius 3 is 2.81 bits per heavy atom. The van der Waals surface area contributed by atoms with Gasteiger partial charge in [0.1, 0.15) is 0 Å². The van der Waals surface area contributed by atoms with Crippen molar-refractivity contribution in [3.8, 4) is 0 Å². The molecule has 5 aliphatic rings. The number of aromatic carboxylic acids is 1. The molecule has 1 aliphatic carbocycles. The number of carbonyl (C=O) groups is 1. The molecule has 1 spiro atoms. The molecule has 5 fully saturated rings. The molecule has 4 heterocycles. The zero-order chi connectivity index (χ0) is 22.0. The zero-order valence-corrected chi connectivity index (χ0v) is 18.8. The molecule has 1 aromatic carbocycles. The molecule has 2 bridgehead atoms. The molecule has 0 aromatic heterocycles. The fourth-order valence-corrected chi connectivity index (χ4v) is 6.23. The van der Waals surface area contributed by atoms with Gasteiger partial charge < -0.3 is 19.3 Å². The standard InChI is InChI=1S/C23H29ClO7/c1-12-4-6-17-13(2)20(27-11-15-10-14(19(25)26)5-7-18(15)24)28-21-23(17)16(12)8-9-22(3,29-21)30-31-23/h5,7,10,12-13,16-17,20-21H,4,6,8-9,11H2,1-3H3,(H,25,26)/t12-,13-,16+,17+,20+,21-,22-,23-/m1/s1. The van der Waals surface area contributed by atoms with Gasteiger partial charge in [-0.2, -0.15) is 0 Å². The number of halogens is 1. The minimum Gasteiger partial charge on any atom is -0.478 e. The van der Waals surface area contributed by atoms with Crippen LogP contribution in [0.25, 0.3) is 0 Å². The van der Waals surface area contributed by atoms with E-state index in [0.717, 1.165) is 25.7 Å². The quantitative estimate of drug-likeness (QED) is 0.659. The molecule has 1 saturated carbocycles. The average molecular weight is 453 g/mol. The Labute approximate surface area is 186 Å². The van der Waals surface area contributed by atoms with Gasteiger partial charge in [0.25, 0.3) is 0 Å². The van der Waals surface area contributed by atoms with Gasteiger partial charge in [-0.15, -0.1) is 0 Å². The molecule has 4 saturated heterocycles. The molecule has 6 rings (SSSR count). The topological polar surface area (TPSA) is 83.5 Å². The van der Waals surface area contributed by atoms with Gasteiger partial charge in [-0.1, -0.05) is 25.4 Å². The van der Waals surface area contributed by atoms with Crippen LogP contribution in [0.5, 0.6) is 0 Å². The minimum atomic E-state index is -1.00. The number of rotatable bonds is 4. The van der Waals surface area contributed by atoms with E-state index in [2.05, 4.69) is 13.8 Å². The summed E-state index contributed by atoms with van der Waals surface area (Å²) in [7, 11) is 0. The summed E-state index contributed by atoms with van der Waals surface area (Å²) < 4.78 is 18.9. The van der Waals surface area contributed by atoms with Crippen molar-refractivity contribution >= 4 is 17.6 Å². The number of hydrogen-bond acceptors (Lipinski definition) is 6. The summed E-state index contributed by atoms with van der Waals surface area (Å²) in [5.74, 6) is -0.828. The highest BCUT2D eigenvalue weighted by Gasteiger charge is 2.69. The van der Waals surface area contributed by atoms with Crippen molar-refractivity contribution in [2.45, 2.75) is 77.0 Å². The smallest absolute Gasteiger partial charge is 0.335 e. The largest absolute Gasteiger partial charge is 0.478 e. The van der Waals surface area contributed by atoms with Gasteiger partial charge in [0.05, 0.1) is 12.2 Å². The van der Waals surface area contributed by atoms with Gasteiger partial charge in [0.15, 0.2) is 18.2 Å². The Morgan fingerprint density at radius 2 is 2.03 bits per heavy atom. The number of carboxylic acids is 1. The van der Waals surface area contributed by atoms with Crippen molar-refractivity contribution in [1.29, 1.82) is 0 Å². The molecule has 0 amide bonds. The van der Waals surface area contributed by atoms with Gasteiger partial charge in [-0.25, -0.2) is 14.6 Å². The maximum atomic E-state index is 11.3. The molecular weight excluding hydrogens is 424 g/mol. The summed E-state index contributed by atoms with van der Waals surface area (Å²) >= 11 is 6.28. The Kier molecular flexibility index (Phi) is 5.35. The van der Waals surface area contributed by atoms with Crippen LogP contribution in [0.3, 0.4) is 0 Å². The second kappa shape index (κ2) is 7.68. The van der Waals surface area contributed by atoms with Gasteiger partial charge >= 0.3 is 5.97 Å². The highest BCUT2D eigenvalue weighted by Crippen LogP contribution is 2.60. The SMILES string of the molecule is C[C@H]1[C@@H](OCc2cc(C(=O)O)ccc2Cl)O[C@@H]2O[C@@]3(C)CC[C@H]4[C@H](C)CC[C@@H]1[C@@]24OO3. The lowest BCUT2D eigenvalue weighted by atomic mass is 9.58. The maximum Gasteiger partial charge on any atom is 0.335 e. The Bertz CT molecular complexity index is 877. The van der Waals surface area contributed by atoms with E-state index in [0.29, 0.717) is 22.4 Å². The van der Waals surface area contributed by atoms with E-state index in [9.17, 15) is 9.90 Å². The number of ether oxygens (including phenoxy) is 3. The fraction of sp³-hybridized carbons (Fsp3) is 0.696. The van der Waals surface area contributed by atoms with E-state index in [1.807, 2.05) is 6.92 Å². The van der Waals surface area contributed by atoms with E-state index >= 15 is 0 Å². The first-order chi connectivity index (χ1) is 14.7. The van der Waals surface area contributed by atoms with E-state index in [-0.39, 0.29) is 24.0 Å². The van der Waals surface area contributed by atoms with Gasteiger partial charge in [-0.05, 0) is 61.8 Å². The first kappa shape index (κ1) is 21.6. The molecule has 0 unspecified atom stereocenters. The van der Waals surface area contributed by atoms with Crippen LogP contribution >= 0.6 is 11.6 Å². The Hall–Kier alpha value is -1.22. The Morgan fingerprint density at radius 1 is 1.23 bits per heavy atom.